The van der Waals surface area contributed by atoms with Crippen molar-refractivity contribution in [3.8, 4) is 0 Å². The Morgan fingerprint density at radius 1 is 0.500 bits per heavy atom. The predicted molar refractivity (Wildman–Crippen MR) is 87.6 cm³/mol. The predicted octanol–water partition coefficient (Wildman–Crippen LogP) is 1.57. The van der Waals surface area contributed by atoms with Gasteiger partial charge in [0.2, 0.25) is 0 Å². The fraction of sp³-hybridized carbons (Fsp3) is 1.00. The Hall–Kier alpha value is 0.400. The smallest absolute Gasteiger partial charge is 0.0786 e. The van der Waals surface area contributed by atoms with Gasteiger partial charge in [0.25, 0.3) is 0 Å². The highest BCUT2D eigenvalue weighted by Crippen LogP contribution is 2.16. The molecule has 0 atom stereocenters. The van der Waals surface area contributed by atoms with Crippen LogP contribution in [-0.4, -0.2) is 36.1 Å². The number of rotatable bonds is 13. The molecule has 0 aromatic carbocycles. The summed E-state index contributed by atoms with van der Waals surface area (Å²) in [6.45, 7) is 15.0. The first-order valence-electron chi connectivity index (χ1n) is 8.59. The summed E-state index contributed by atoms with van der Waals surface area (Å²) >= 11 is 0. The summed E-state index contributed by atoms with van der Waals surface area (Å²) in [5, 5.41) is 0. The van der Waals surface area contributed by atoms with Crippen LogP contribution in [0.25, 0.3) is 0 Å². The number of hydrogen-bond donors (Lipinski definition) is 0. The van der Waals surface area contributed by atoms with Crippen molar-refractivity contribution in [2.75, 3.05) is 26.2 Å². The number of halogens is 1. The van der Waals surface area contributed by atoms with Gasteiger partial charge in [-0.05, 0) is 32.1 Å². The molecule has 0 aromatic rings. The summed E-state index contributed by atoms with van der Waals surface area (Å²) in [4.78, 5) is 0. The molecule has 0 saturated heterocycles. The maximum atomic E-state index is 2.33. The lowest BCUT2D eigenvalue weighted by Gasteiger charge is -2.39. The molecule has 2 nitrogen and oxygen atoms in total. The molecule has 0 spiro atoms. The van der Waals surface area contributed by atoms with E-state index in [-0.39, 0.29) is 22.5 Å². The van der Waals surface area contributed by atoms with Crippen molar-refractivity contribution >= 4 is 0 Å². The molecule has 0 aliphatic rings. The van der Waals surface area contributed by atoms with Crippen molar-refractivity contribution in [3.63, 3.8) is 0 Å². The maximum absolute atomic E-state index is 2.33. The molecule has 0 amide bonds. The van der Waals surface area contributed by atoms with Gasteiger partial charge in [-0.15, -0.1) is 0 Å². The van der Waals surface area contributed by atoms with Gasteiger partial charge < -0.3 is 26.9 Å². The Morgan fingerprint density at radius 3 is 1.10 bits per heavy atom. The second-order valence-corrected chi connectivity index (χ2v) is 6.00. The molecule has 0 bridgehead atoms. The largest absolute Gasteiger partial charge is 1.00 e. The Labute approximate surface area is 139 Å². The molecule has 0 aromatic heterocycles. The first-order valence-corrected chi connectivity index (χ1v) is 8.59. The molecule has 0 heterocycles. The highest BCUT2D eigenvalue weighted by molar-refractivity contribution is 4.50. The SMILES string of the molecule is CCCCC[N+](CCCC)(CCCC)CCCC.O.[Br-]. The lowest BCUT2D eigenvalue weighted by atomic mass is 10.1. The minimum Gasteiger partial charge on any atom is -1.00 e. The first kappa shape index (κ1) is 25.4. The standard InChI is InChI=1S/C17H38N.BrH.H2O/c1-5-9-13-17-18(14-10-6-2,15-11-7-3)16-12-8-4;;/h5-17H2,1-4H3;1H;1H2/q+1;;/p-1. The van der Waals surface area contributed by atoms with Gasteiger partial charge in [-0.25, -0.2) is 0 Å². The molecule has 0 saturated carbocycles. The van der Waals surface area contributed by atoms with E-state index in [1.54, 1.807) is 0 Å². The van der Waals surface area contributed by atoms with Crippen molar-refractivity contribution in [3.05, 3.63) is 0 Å². The molecule has 126 valence electrons. The van der Waals surface area contributed by atoms with Crippen LogP contribution in [0.5, 0.6) is 0 Å². The van der Waals surface area contributed by atoms with Crippen LogP contribution >= 0.6 is 0 Å². The fourth-order valence-electron chi connectivity index (χ4n) is 2.85. The van der Waals surface area contributed by atoms with Crippen LogP contribution in [0, 0.1) is 0 Å². The van der Waals surface area contributed by atoms with E-state index in [0.717, 1.165) is 0 Å². The monoisotopic (exact) mass is 353 g/mol. The number of quaternary nitrogens is 1. The van der Waals surface area contributed by atoms with Gasteiger partial charge in [0, 0.05) is 0 Å². The van der Waals surface area contributed by atoms with Gasteiger partial charge in [0.15, 0.2) is 0 Å². The van der Waals surface area contributed by atoms with E-state index in [9.17, 15) is 0 Å². The van der Waals surface area contributed by atoms with Gasteiger partial charge >= 0.3 is 0 Å². The van der Waals surface area contributed by atoms with Gasteiger partial charge in [-0.3, -0.25) is 0 Å². The molecule has 0 aliphatic carbocycles. The molecule has 0 fully saturated rings. The third-order valence-corrected chi connectivity index (χ3v) is 4.19. The number of nitrogens with zero attached hydrogens (tertiary/aromatic N) is 1. The molecule has 0 rings (SSSR count). The summed E-state index contributed by atoms with van der Waals surface area (Å²) in [7, 11) is 0. The van der Waals surface area contributed by atoms with Crippen LogP contribution in [-0.2, 0) is 0 Å². The lowest BCUT2D eigenvalue weighted by molar-refractivity contribution is -0.929. The van der Waals surface area contributed by atoms with Gasteiger partial charge in [0.05, 0.1) is 26.2 Å². The zero-order valence-corrected chi connectivity index (χ0v) is 16.1. The molecule has 0 radical (unpaired) electrons. The average molecular weight is 354 g/mol. The summed E-state index contributed by atoms with van der Waals surface area (Å²) < 4.78 is 1.43. The van der Waals surface area contributed by atoms with Crippen LogP contribution in [0.2, 0.25) is 0 Å². The third kappa shape index (κ3) is 12.2. The quantitative estimate of drug-likeness (QED) is 0.355. The molecule has 3 heteroatoms. The minimum atomic E-state index is 0. The average Bonchev–Trinajstić information content (AvgIpc) is 2.40. The van der Waals surface area contributed by atoms with Gasteiger partial charge in [-0.1, -0.05) is 53.4 Å². The maximum Gasteiger partial charge on any atom is 0.0786 e. The summed E-state index contributed by atoms with van der Waals surface area (Å²) in [5.74, 6) is 0. The van der Waals surface area contributed by atoms with Crippen molar-refractivity contribution in [1.29, 1.82) is 0 Å². The second-order valence-electron chi connectivity index (χ2n) is 6.00. The Bertz CT molecular complexity index is 155. The normalized spacial score (nSPS) is 10.8. The minimum absolute atomic E-state index is 0. The molecule has 20 heavy (non-hydrogen) atoms. The first-order chi connectivity index (χ1) is 8.74. The Kier molecular flexibility index (Phi) is 22.1. The van der Waals surface area contributed by atoms with Crippen LogP contribution in [0.15, 0.2) is 0 Å². The van der Waals surface area contributed by atoms with E-state index in [0.29, 0.717) is 0 Å². The number of hydrogen-bond acceptors (Lipinski definition) is 0. The molecule has 0 aliphatic heterocycles. The zero-order chi connectivity index (χ0) is 13.7. The van der Waals surface area contributed by atoms with Crippen molar-refractivity contribution in [1.82, 2.24) is 0 Å². The Morgan fingerprint density at radius 2 is 0.800 bits per heavy atom. The highest BCUT2D eigenvalue weighted by atomic mass is 79.9. The molecule has 2 N–H and O–H groups in total. The van der Waals surface area contributed by atoms with E-state index in [1.165, 1.54) is 88.4 Å². The molecular formula is C17H40BrNO. The fourth-order valence-corrected chi connectivity index (χ4v) is 2.85. The Balaban J connectivity index is -0.00000144. The number of unbranched alkanes of at least 4 members (excludes halogenated alkanes) is 5. The molecular weight excluding hydrogens is 314 g/mol. The summed E-state index contributed by atoms with van der Waals surface area (Å²) in [6, 6.07) is 0. The summed E-state index contributed by atoms with van der Waals surface area (Å²) in [5.41, 5.74) is 0. The van der Waals surface area contributed by atoms with Crippen LogP contribution in [0.1, 0.15) is 85.5 Å². The van der Waals surface area contributed by atoms with Crippen molar-refractivity contribution in [2.24, 2.45) is 0 Å². The lowest BCUT2D eigenvalue weighted by Crippen LogP contribution is -3.00. The van der Waals surface area contributed by atoms with E-state index in [4.69, 9.17) is 0 Å². The third-order valence-electron chi connectivity index (χ3n) is 4.19. The van der Waals surface area contributed by atoms with Crippen LogP contribution in [0.4, 0.5) is 0 Å². The van der Waals surface area contributed by atoms with Gasteiger partial charge in [0.1, 0.15) is 0 Å². The van der Waals surface area contributed by atoms with Gasteiger partial charge in [-0.2, -0.15) is 0 Å². The zero-order valence-electron chi connectivity index (χ0n) is 14.5. The van der Waals surface area contributed by atoms with Crippen molar-refractivity contribution in [2.45, 2.75) is 85.5 Å². The van der Waals surface area contributed by atoms with Crippen LogP contribution < -0.4 is 17.0 Å². The summed E-state index contributed by atoms with van der Waals surface area (Å²) in [6.07, 6.45) is 12.5. The molecule has 0 unspecified atom stereocenters. The van der Waals surface area contributed by atoms with Crippen molar-refractivity contribution < 1.29 is 26.9 Å². The second kappa shape index (κ2) is 17.5. The van der Waals surface area contributed by atoms with Crippen LogP contribution in [0.3, 0.4) is 0 Å². The van der Waals surface area contributed by atoms with E-state index < -0.39 is 0 Å². The topological polar surface area (TPSA) is 31.5 Å². The van der Waals surface area contributed by atoms with E-state index in [2.05, 4.69) is 27.7 Å². The van der Waals surface area contributed by atoms with E-state index in [1.807, 2.05) is 0 Å². The highest BCUT2D eigenvalue weighted by Gasteiger charge is 2.24. The van der Waals surface area contributed by atoms with E-state index >= 15 is 0 Å².